The maximum Gasteiger partial charge on any atom is 0.251 e. The fourth-order valence-corrected chi connectivity index (χ4v) is 2.78. The molecule has 3 N–H and O–H groups in total. The van der Waals surface area contributed by atoms with Gasteiger partial charge in [0.2, 0.25) is 0 Å². The van der Waals surface area contributed by atoms with Crippen LogP contribution in [0.1, 0.15) is 37.6 Å². The van der Waals surface area contributed by atoms with Gasteiger partial charge in [0, 0.05) is 17.6 Å². The smallest absolute Gasteiger partial charge is 0.251 e. The van der Waals surface area contributed by atoms with Crippen LogP contribution in [0.5, 0.6) is 5.75 Å². The van der Waals surface area contributed by atoms with E-state index in [1.807, 2.05) is 6.92 Å². The maximum absolute atomic E-state index is 12.3. The number of carbonyl (C=O) groups is 1. The van der Waals surface area contributed by atoms with Crippen LogP contribution in [0.3, 0.4) is 0 Å². The summed E-state index contributed by atoms with van der Waals surface area (Å²) in [5.41, 5.74) is 6.01. The molecular weight excluding hydrogens is 320 g/mol. The molecule has 1 aromatic carbocycles. The van der Waals surface area contributed by atoms with Crippen LogP contribution in [0.15, 0.2) is 22.7 Å². The third kappa shape index (κ3) is 4.49. The number of amides is 1. The zero-order chi connectivity index (χ0) is 15.3. The first kappa shape index (κ1) is 17.0. The monoisotopic (exact) mass is 342 g/mol. The van der Waals surface area contributed by atoms with Gasteiger partial charge in [-0.15, -0.1) is 0 Å². The molecule has 0 heterocycles. The fraction of sp³-hybridized carbons (Fsp3) is 0.533. The van der Waals surface area contributed by atoms with E-state index >= 15 is 0 Å². The van der Waals surface area contributed by atoms with Crippen molar-refractivity contribution in [2.75, 3.05) is 13.7 Å². The molecule has 4 nitrogen and oxygen atoms in total. The van der Waals surface area contributed by atoms with Gasteiger partial charge in [0.25, 0.3) is 5.91 Å². The van der Waals surface area contributed by atoms with Crippen LogP contribution < -0.4 is 15.8 Å². The highest BCUT2D eigenvalue weighted by Crippen LogP contribution is 2.26. The summed E-state index contributed by atoms with van der Waals surface area (Å²) >= 11 is 3.38. The average molecular weight is 343 g/mol. The van der Waals surface area contributed by atoms with Crippen LogP contribution in [0.4, 0.5) is 0 Å². The average Bonchev–Trinajstić information content (AvgIpc) is 2.37. The molecule has 0 radical (unpaired) electrons. The van der Waals surface area contributed by atoms with Crippen LogP contribution in [0.2, 0.25) is 0 Å². The molecule has 1 rings (SSSR count). The molecule has 20 heavy (non-hydrogen) atoms. The quantitative estimate of drug-likeness (QED) is 0.835. The Morgan fingerprint density at radius 3 is 2.60 bits per heavy atom. The van der Waals surface area contributed by atoms with Crippen molar-refractivity contribution in [1.29, 1.82) is 0 Å². The largest absolute Gasteiger partial charge is 0.496 e. The second kappa shape index (κ2) is 7.09. The molecule has 0 bridgehead atoms. The van der Waals surface area contributed by atoms with Crippen molar-refractivity contribution in [1.82, 2.24) is 5.32 Å². The Morgan fingerprint density at radius 1 is 1.50 bits per heavy atom. The summed E-state index contributed by atoms with van der Waals surface area (Å²) in [6.45, 7) is 6.62. The van der Waals surface area contributed by atoms with Gasteiger partial charge in [0.15, 0.2) is 0 Å². The first-order valence-corrected chi connectivity index (χ1v) is 7.46. The van der Waals surface area contributed by atoms with Crippen molar-refractivity contribution in [2.24, 2.45) is 11.7 Å². The number of nitrogens with one attached hydrogen (secondary N) is 1. The number of hydrogen-bond donors (Lipinski definition) is 2. The lowest BCUT2D eigenvalue weighted by Gasteiger charge is -2.31. The first-order valence-electron chi connectivity index (χ1n) is 6.67. The minimum atomic E-state index is -0.391. The highest BCUT2D eigenvalue weighted by Gasteiger charge is 2.26. The van der Waals surface area contributed by atoms with E-state index in [1.165, 1.54) is 0 Å². The van der Waals surface area contributed by atoms with Crippen molar-refractivity contribution in [2.45, 2.75) is 32.7 Å². The van der Waals surface area contributed by atoms with Crippen LogP contribution in [0, 0.1) is 5.92 Å². The third-order valence-corrected chi connectivity index (χ3v) is 3.76. The summed E-state index contributed by atoms with van der Waals surface area (Å²) in [7, 11) is 1.59. The molecule has 1 amide bonds. The summed E-state index contributed by atoms with van der Waals surface area (Å²) in [6, 6.07) is 5.26. The molecule has 1 aromatic rings. The number of ether oxygens (including phenoxy) is 1. The van der Waals surface area contributed by atoms with Crippen LogP contribution in [0.25, 0.3) is 0 Å². The third-order valence-electron chi connectivity index (χ3n) is 3.14. The molecule has 5 heteroatoms. The number of benzene rings is 1. The second-order valence-corrected chi connectivity index (χ2v) is 6.52. The fourth-order valence-electron chi connectivity index (χ4n) is 2.24. The Kier molecular flexibility index (Phi) is 6.02. The van der Waals surface area contributed by atoms with E-state index in [0.29, 0.717) is 23.8 Å². The van der Waals surface area contributed by atoms with Gasteiger partial charge in [-0.05, 0) is 53.4 Å². The minimum absolute atomic E-state index is 0.123. The van der Waals surface area contributed by atoms with Crippen molar-refractivity contribution >= 4 is 21.8 Å². The first-order chi connectivity index (χ1) is 9.31. The van der Waals surface area contributed by atoms with Crippen LogP contribution >= 0.6 is 15.9 Å². The minimum Gasteiger partial charge on any atom is -0.496 e. The lowest BCUT2D eigenvalue weighted by atomic mass is 9.90. The summed E-state index contributed by atoms with van der Waals surface area (Å²) in [5, 5.41) is 3.03. The van der Waals surface area contributed by atoms with Crippen molar-refractivity contribution in [3.63, 3.8) is 0 Å². The molecule has 0 aliphatic rings. The number of nitrogens with two attached hydrogens (primary N) is 1. The highest BCUT2D eigenvalue weighted by atomic mass is 79.9. The Hall–Kier alpha value is -1.07. The van der Waals surface area contributed by atoms with Gasteiger partial charge in [-0.2, -0.15) is 0 Å². The van der Waals surface area contributed by atoms with E-state index in [2.05, 4.69) is 35.1 Å². The van der Waals surface area contributed by atoms with E-state index in [1.54, 1.807) is 25.3 Å². The molecule has 1 atom stereocenters. The molecule has 1 unspecified atom stereocenters. The van der Waals surface area contributed by atoms with Crippen molar-refractivity contribution in [3.05, 3.63) is 28.2 Å². The number of methoxy groups -OCH3 is 1. The molecule has 0 aliphatic carbocycles. The highest BCUT2D eigenvalue weighted by molar-refractivity contribution is 9.10. The Morgan fingerprint density at radius 2 is 2.15 bits per heavy atom. The Labute approximate surface area is 129 Å². The molecule has 0 aliphatic heterocycles. The maximum atomic E-state index is 12.3. The zero-order valence-corrected chi connectivity index (χ0v) is 14.1. The van der Waals surface area contributed by atoms with Crippen LogP contribution in [-0.2, 0) is 0 Å². The van der Waals surface area contributed by atoms with Gasteiger partial charge in [-0.3, -0.25) is 4.79 Å². The van der Waals surface area contributed by atoms with E-state index in [-0.39, 0.29) is 5.91 Å². The second-order valence-electron chi connectivity index (χ2n) is 5.67. The van der Waals surface area contributed by atoms with Crippen LogP contribution in [-0.4, -0.2) is 25.1 Å². The van der Waals surface area contributed by atoms with Gasteiger partial charge in [-0.1, -0.05) is 13.8 Å². The van der Waals surface area contributed by atoms with Gasteiger partial charge in [0.05, 0.1) is 11.6 Å². The number of halogens is 1. The van der Waals surface area contributed by atoms with Gasteiger partial charge < -0.3 is 15.8 Å². The molecule has 0 saturated heterocycles. The lowest BCUT2D eigenvalue weighted by Crippen LogP contribution is -2.52. The predicted molar refractivity (Wildman–Crippen MR) is 85.1 cm³/mol. The Bertz CT molecular complexity index is 477. The molecule has 0 spiro atoms. The molecular formula is C15H23BrN2O2. The predicted octanol–water partition coefficient (Wildman–Crippen LogP) is 2.95. The SMILES string of the molecule is COc1ccc(C(=O)NC(C)(CN)CC(C)C)cc1Br. The van der Waals surface area contributed by atoms with E-state index in [9.17, 15) is 4.79 Å². The van der Waals surface area contributed by atoms with E-state index < -0.39 is 5.54 Å². The van der Waals surface area contributed by atoms with Gasteiger partial charge >= 0.3 is 0 Å². The molecule has 0 aromatic heterocycles. The normalized spacial score (nSPS) is 13.9. The molecule has 0 fully saturated rings. The number of carbonyl (C=O) groups excluding carboxylic acids is 1. The summed E-state index contributed by atoms with van der Waals surface area (Å²) < 4.78 is 5.91. The number of hydrogen-bond acceptors (Lipinski definition) is 3. The summed E-state index contributed by atoms with van der Waals surface area (Å²) in [4.78, 5) is 12.3. The zero-order valence-electron chi connectivity index (χ0n) is 12.5. The lowest BCUT2D eigenvalue weighted by molar-refractivity contribution is 0.0898. The van der Waals surface area contributed by atoms with E-state index in [4.69, 9.17) is 10.5 Å². The van der Waals surface area contributed by atoms with Gasteiger partial charge in [-0.25, -0.2) is 0 Å². The summed E-state index contributed by atoms with van der Waals surface area (Å²) in [6.07, 6.45) is 0.840. The standard InChI is InChI=1S/C15H23BrN2O2/c1-10(2)8-15(3,9-17)18-14(19)11-5-6-13(20-4)12(16)7-11/h5-7,10H,8-9,17H2,1-4H3,(H,18,19). The van der Waals surface area contributed by atoms with Gasteiger partial charge in [0.1, 0.15) is 5.75 Å². The molecule has 112 valence electrons. The van der Waals surface area contributed by atoms with E-state index in [0.717, 1.165) is 10.9 Å². The summed E-state index contributed by atoms with van der Waals surface area (Å²) in [5.74, 6) is 1.04. The van der Waals surface area contributed by atoms with Crippen molar-refractivity contribution < 1.29 is 9.53 Å². The topological polar surface area (TPSA) is 64.3 Å². The van der Waals surface area contributed by atoms with Crippen molar-refractivity contribution in [3.8, 4) is 5.75 Å². The number of rotatable bonds is 6. The molecule has 0 saturated carbocycles. The Balaban J connectivity index is 2.87.